The molecule has 7 heteroatoms. The van der Waals surface area contributed by atoms with Gasteiger partial charge in [0.05, 0.1) is 0 Å². The van der Waals surface area contributed by atoms with E-state index in [0.29, 0.717) is 18.3 Å². The average Bonchev–Trinajstić information content (AvgIpc) is 2.58. The summed E-state index contributed by atoms with van der Waals surface area (Å²) in [6.45, 7) is 5.80. The third kappa shape index (κ3) is 3.00. The van der Waals surface area contributed by atoms with Crippen molar-refractivity contribution in [2.75, 3.05) is 6.54 Å². The van der Waals surface area contributed by atoms with Crippen LogP contribution in [0.4, 0.5) is 0 Å². The Balaban J connectivity index is 2.25. The zero-order valence-electron chi connectivity index (χ0n) is 9.81. The first-order chi connectivity index (χ1) is 7.87. The van der Waals surface area contributed by atoms with E-state index in [1.54, 1.807) is 0 Å². The van der Waals surface area contributed by atoms with Crippen LogP contribution < -0.4 is 0 Å². The molecule has 0 unspecified atom stereocenters. The molecule has 0 spiro atoms. The predicted octanol–water partition coefficient (Wildman–Crippen LogP) is 1.51. The molecule has 0 aromatic carbocycles. The van der Waals surface area contributed by atoms with E-state index in [1.807, 2.05) is 0 Å². The molecule has 96 valence electrons. The minimum absolute atomic E-state index is 0.265. The lowest BCUT2D eigenvalue weighted by Gasteiger charge is -2.29. The summed E-state index contributed by atoms with van der Waals surface area (Å²) in [6.07, 6.45) is 0.767. The van der Waals surface area contributed by atoms with Crippen molar-refractivity contribution in [3.05, 3.63) is 17.0 Å². The summed E-state index contributed by atoms with van der Waals surface area (Å²) >= 11 is 0. The molecule has 2 rings (SSSR count). The summed E-state index contributed by atoms with van der Waals surface area (Å²) in [5, 5.41) is 3.81. The number of rotatable bonds is 3. The van der Waals surface area contributed by atoms with Gasteiger partial charge in [0.15, 0.2) is 0 Å². The second kappa shape index (κ2) is 4.59. The fourth-order valence-electron chi connectivity index (χ4n) is 2.00. The predicted molar refractivity (Wildman–Crippen MR) is 64.2 cm³/mol. The second-order valence-electron chi connectivity index (χ2n) is 4.53. The normalized spacial score (nSPS) is 17.4. The van der Waals surface area contributed by atoms with Crippen molar-refractivity contribution in [1.29, 1.82) is 0 Å². The minimum atomic E-state index is -3.59. The van der Waals surface area contributed by atoms with E-state index >= 15 is 0 Å². The lowest BCUT2D eigenvalue weighted by molar-refractivity contribution is 0.192. The fourth-order valence-corrected chi connectivity index (χ4v) is 2.87. The van der Waals surface area contributed by atoms with Gasteiger partial charge < -0.3 is 4.52 Å². The molecule has 0 N–H and O–H groups in total. The first-order valence-corrected chi connectivity index (χ1v) is 7.97. The zero-order valence-corrected chi connectivity index (χ0v) is 11.4. The Morgan fingerprint density at radius 3 is 2.82 bits per heavy atom. The van der Waals surface area contributed by atoms with Crippen molar-refractivity contribution < 1.29 is 12.9 Å². The van der Waals surface area contributed by atoms with E-state index in [1.165, 1.54) is 0 Å². The summed E-state index contributed by atoms with van der Waals surface area (Å²) in [5.41, 5.74) is 1.33. The van der Waals surface area contributed by atoms with Gasteiger partial charge in [0.1, 0.15) is 17.2 Å². The zero-order chi connectivity index (χ0) is 12.6. The molecule has 0 bridgehead atoms. The summed E-state index contributed by atoms with van der Waals surface area (Å²) in [7, 11) is 1.66. The van der Waals surface area contributed by atoms with Gasteiger partial charge in [-0.1, -0.05) is 5.16 Å². The third-order valence-corrected chi connectivity index (χ3v) is 3.92. The van der Waals surface area contributed by atoms with Crippen molar-refractivity contribution >= 4 is 19.7 Å². The van der Waals surface area contributed by atoms with Gasteiger partial charge in [-0.3, -0.25) is 4.90 Å². The van der Waals surface area contributed by atoms with Gasteiger partial charge in [-0.25, -0.2) is 8.42 Å². The van der Waals surface area contributed by atoms with Crippen molar-refractivity contribution in [3.8, 4) is 0 Å². The van der Waals surface area contributed by atoms with E-state index in [4.69, 9.17) is 15.2 Å². The number of nitrogens with zero attached hydrogens (tertiary/aromatic N) is 2. The molecule has 0 fully saturated rings. The van der Waals surface area contributed by atoms with Crippen LogP contribution in [-0.2, 0) is 27.8 Å². The Morgan fingerprint density at radius 2 is 2.24 bits per heavy atom. The highest BCUT2D eigenvalue weighted by molar-refractivity contribution is 8.13. The van der Waals surface area contributed by atoms with Crippen molar-refractivity contribution in [3.63, 3.8) is 0 Å². The second-order valence-corrected chi connectivity index (χ2v) is 7.31. The Morgan fingerprint density at radius 1 is 1.53 bits per heavy atom. The smallest absolute Gasteiger partial charge is 0.238 e. The van der Waals surface area contributed by atoms with Crippen molar-refractivity contribution in [2.45, 2.75) is 38.6 Å². The van der Waals surface area contributed by atoms with Crippen LogP contribution in [0.3, 0.4) is 0 Å². The molecule has 1 aromatic rings. The van der Waals surface area contributed by atoms with Gasteiger partial charge in [-0.2, -0.15) is 0 Å². The quantitative estimate of drug-likeness (QED) is 0.784. The Hall–Kier alpha value is -0.590. The van der Waals surface area contributed by atoms with Crippen LogP contribution in [0.15, 0.2) is 4.52 Å². The maximum atomic E-state index is 11.1. The van der Waals surface area contributed by atoms with Crippen molar-refractivity contribution in [2.24, 2.45) is 0 Å². The van der Waals surface area contributed by atoms with Crippen LogP contribution in [0.25, 0.3) is 0 Å². The molecular weight excluding hydrogens is 264 g/mol. The van der Waals surface area contributed by atoms with E-state index in [9.17, 15) is 8.42 Å². The SMILES string of the molecule is CC(C)N1CCc2onc(CS(=O)(=O)Cl)c2C1. The van der Waals surface area contributed by atoms with Crippen molar-refractivity contribution in [1.82, 2.24) is 10.1 Å². The summed E-state index contributed by atoms with van der Waals surface area (Å²) in [4.78, 5) is 2.25. The monoisotopic (exact) mass is 278 g/mol. The topological polar surface area (TPSA) is 63.4 Å². The molecule has 1 aromatic heterocycles. The molecule has 2 heterocycles. The Labute approximate surface area is 105 Å². The molecule has 5 nitrogen and oxygen atoms in total. The first kappa shape index (κ1) is 12.9. The lowest BCUT2D eigenvalue weighted by atomic mass is 10.1. The van der Waals surface area contributed by atoms with Gasteiger partial charge in [0.25, 0.3) is 0 Å². The minimum Gasteiger partial charge on any atom is -0.361 e. The number of hydrogen-bond acceptors (Lipinski definition) is 5. The van der Waals surface area contributed by atoms with Crippen LogP contribution in [-0.4, -0.2) is 31.1 Å². The molecule has 0 atom stereocenters. The molecular formula is C10H15ClN2O3S. The molecule has 1 aliphatic heterocycles. The number of fused-ring (bicyclic) bond motifs is 1. The first-order valence-electron chi connectivity index (χ1n) is 5.49. The molecule has 0 saturated carbocycles. The molecule has 17 heavy (non-hydrogen) atoms. The van der Waals surface area contributed by atoms with E-state index in [0.717, 1.165) is 24.3 Å². The molecule has 0 amide bonds. The van der Waals surface area contributed by atoms with Gasteiger partial charge >= 0.3 is 0 Å². The van der Waals surface area contributed by atoms with Crippen LogP contribution >= 0.6 is 10.7 Å². The molecule has 1 aliphatic rings. The Bertz CT molecular complexity index is 510. The van der Waals surface area contributed by atoms with E-state index in [-0.39, 0.29) is 5.75 Å². The Kier molecular flexibility index (Phi) is 3.47. The van der Waals surface area contributed by atoms with Gasteiger partial charge in [-0.15, -0.1) is 0 Å². The van der Waals surface area contributed by atoms with Gasteiger partial charge in [0, 0.05) is 41.8 Å². The fraction of sp³-hybridized carbons (Fsp3) is 0.700. The highest BCUT2D eigenvalue weighted by Gasteiger charge is 2.27. The van der Waals surface area contributed by atoms with Crippen LogP contribution in [0.1, 0.15) is 30.9 Å². The highest BCUT2D eigenvalue weighted by Crippen LogP contribution is 2.25. The van der Waals surface area contributed by atoms with Gasteiger partial charge in [0.2, 0.25) is 9.05 Å². The largest absolute Gasteiger partial charge is 0.361 e. The molecule has 0 radical (unpaired) electrons. The number of halogens is 1. The molecule has 0 saturated heterocycles. The summed E-state index contributed by atoms with van der Waals surface area (Å²) < 4.78 is 27.3. The van der Waals surface area contributed by atoms with E-state index in [2.05, 4.69) is 23.9 Å². The average molecular weight is 279 g/mol. The highest BCUT2D eigenvalue weighted by atomic mass is 35.7. The lowest BCUT2D eigenvalue weighted by Crippen LogP contribution is -2.35. The van der Waals surface area contributed by atoms with Gasteiger partial charge in [-0.05, 0) is 13.8 Å². The van der Waals surface area contributed by atoms with Crippen LogP contribution in [0.2, 0.25) is 0 Å². The standard InChI is InChI=1S/C10H15ClN2O3S/c1-7(2)13-4-3-10-8(5-13)9(12-16-10)6-17(11,14)15/h7H,3-6H2,1-2H3. The maximum absolute atomic E-state index is 11.1. The number of hydrogen-bond donors (Lipinski definition) is 0. The van der Waals surface area contributed by atoms with Crippen LogP contribution in [0.5, 0.6) is 0 Å². The summed E-state index contributed by atoms with van der Waals surface area (Å²) in [6, 6.07) is 0.415. The van der Waals surface area contributed by atoms with E-state index < -0.39 is 9.05 Å². The number of aromatic nitrogens is 1. The summed E-state index contributed by atoms with van der Waals surface area (Å²) in [5.74, 6) is 0.525. The third-order valence-electron chi connectivity index (χ3n) is 2.98. The van der Waals surface area contributed by atoms with Crippen LogP contribution in [0, 0.1) is 0 Å². The maximum Gasteiger partial charge on any atom is 0.238 e. The molecule has 0 aliphatic carbocycles.